The predicted octanol–water partition coefficient (Wildman–Crippen LogP) is 0.792. The number of likely N-dealkylation sites (tertiary alicyclic amines) is 1. The Bertz CT molecular complexity index is 752. The number of hydrogen-bond donors (Lipinski definition) is 3. The highest BCUT2D eigenvalue weighted by atomic mass is 127. The van der Waals surface area contributed by atoms with Crippen LogP contribution in [0.25, 0.3) is 0 Å². The SMILES string of the molecule is CCNC(=NCCNS(=O)(=O)c1cccnc1)N1CCC(CC(=O)NC)CC1.I. The van der Waals surface area contributed by atoms with Gasteiger partial charge in [0, 0.05) is 52.0 Å². The maximum Gasteiger partial charge on any atom is 0.242 e. The third-order valence-electron chi connectivity index (χ3n) is 4.61. The fourth-order valence-corrected chi connectivity index (χ4v) is 4.05. The minimum absolute atomic E-state index is 0. The van der Waals surface area contributed by atoms with Gasteiger partial charge in [-0.1, -0.05) is 0 Å². The van der Waals surface area contributed by atoms with Crippen LogP contribution in [0.15, 0.2) is 34.4 Å². The van der Waals surface area contributed by atoms with Gasteiger partial charge in [0.25, 0.3) is 0 Å². The molecule has 0 saturated carbocycles. The van der Waals surface area contributed by atoms with E-state index in [-0.39, 0.29) is 41.3 Å². The molecule has 2 heterocycles. The summed E-state index contributed by atoms with van der Waals surface area (Å²) in [7, 11) is -1.91. The molecule has 164 valence electrons. The summed E-state index contributed by atoms with van der Waals surface area (Å²) in [5.74, 6) is 1.26. The highest BCUT2D eigenvalue weighted by Crippen LogP contribution is 2.20. The number of carbonyl (C=O) groups is 1. The number of piperidine rings is 1. The van der Waals surface area contributed by atoms with Gasteiger partial charge in [0.15, 0.2) is 5.96 Å². The van der Waals surface area contributed by atoms with Crippen molar-refractivity contribution in [3.05, 3.63) is 24.5 Å². The third kappa shape index (κ3) is 8.42. The minimum atomic E-state index is -3.57. The van der Waals surface area contributed by atoms with Gasteiger partial charge in [0.05, 0.1) is 6.54 Å². The summed E-state index contributed by atoms with van der Waals surface area (Å²) in [5.41, 5.74) is 0. The van der Waals surface area contributed by atoms with Crippen molar-refractivity contribution in [1.29, 1.82) is 0 Å². The molecular weight excluding hydrogens is 507 g/mol. The minimum Gasteiger partial charge on any atom is -0.359 e. The molecule has 3 N–H and O–H groups in total. The number of halogens is 1. The number of carbonyl (C=O) groups excluding carboxylic acids is 1. The molecule has 29 heavy (non-hydrogen) atoms. The second-order valence-electron chi connectivity index (χ2n) is 6.63. The van der Waals surface area contributed by atoms with E-state index in [2.05, 4.69) is 30.2 Å². The lowest BCUT2D eigenvalue weighted by Crippen LogP contribution is -2.46. The van der Waals surface area contributed by atoms with Crippen LogP contribution < -0.4 is 15.4 Å². The Hall–Kier alpha value is -1.47. The zero-order chi connectivity index (χ0) is 20.4. The Morgan fingerprint density at radius 2 is 2.07 bits per heavy atom. The van der Waals surface area contributed by atoms with Gasteiger partial charge in [-0.2, -0.15) is 0 Å². The summed E-state index contributed by atoms with van der Waals surface area (Å²) in [6.45, 7) is 4.93. The Kier molecular flexibility index (Phi) is 11.4. The van der Waals surface area contributed by atoms with Gasteiger partial charge in [0.2, 0.25) is 15.9 Å². The van der Waals surface area contributed by atoms with Crippen molar-refractivity contribution in [2.75, 3.05) is 39.8 Å². The molecule has 9 nitrogen and oxygen atoms in total. The largest absolute Gasteiger partial charge is 0.359 e. The smallest absolute Gasteiger partial charge is 0.242 e. The second kappa shape index (κ2) is 13.0. The molecule has 0 radical (unpaired) electrons. The number of sulfonamides is 1. The summed E-state index contributed by atoms with van der Waals surface area (Å²) in [4.78, 5) is 22.2. The fourth-order valence-electron chi connectivity index (χ4n) is 3.07. The van der Waals surface area contributed by atoms with Crippen LogP contribution in [-0.2, 0) is 14.8 Å². The van der Waals surface area contributed by atoms with E-state index >= 15 is 0 Å². The number of aliphatic imine (C=N–C) groups is 1. The van der Waals surface area contributed by atoms with E-state index in [0.717, 1.165) is 38.4 Å². The number of aromatic nitrogens is 1. The number of nitrogens with zero attached hydrogens (tertiary/aromatic N) is 3. The number of rotatable bonds is 8. The van der Waals surface area contributed by atoms with Crippen molar-refractivity contribution in [3.8, 4) is 0 Å². The Balaban J connectivity index is 0.00000420. The average Bonchev–Trinajstić information content (AvgIpc) is 2.71. The quantitative estimate of drug-likeness (QED) is 0.195. The average molecular weight is 538 g/mol. The summed E-state index contributed by atoms with van der Waals surface area (Å²) < 4.78 is 26.9. The first-order valence-corrected chi connectivity index (χ1v) is 11.1. The first-order valence-electron chi connectivity index (χ1n) is 9.59. The molecule has 0 bridgehead atoms. The number of pyridine rings is 1. The zero-order valence-electron chi connectivity index (χ0n) is 16.9. The second-order valence-corrected chi connectivity index (χ2v) is 8.40. The molecule has 1 fully saturated rings. The molecule has 1 saturated heterocycles. The van der Waals surface area contributed by atoms with Crippen LogP contribution in [0.5, 0.6) is 0 Å². The number of nitrogens with one attached hydrogen (secondary N) is 3. The van der Waals surface area contributed by atoms with Crippen molar-refractivity contribution in [1.82, 2.24) is 25.2 Å². The third-order valence-corrected chi connectivity index (χ3v) is 6.06. The van der Waals surface area contributed by atoms with Gasteiger partial charge in [-0.25, -0.2) is 13.1 Å². The summed E-state index contributed by atoms with van der Waals surface area (Å²) >= 11 is 0. The lowest BCUT2D eigenvalue weighted by atomic mass is 9.93. The summed E-state index contributed by atoms with van der Waals surface area (Å²) in [6, 6.07) is 3.09. The summed E-state index contributed by atoms with van der Waals surface area (Å²) in [5, 5.41) is 5.93. The molecule has 0 unspecified atom stereocenters. The van der Waals surface area contributed by atoms with Gasteiger partial charge in [-0.05, 0) is 37.8 Å². The molecule has 0 aromatic carbocycles. The highest BCUT2D eigenvalue weighted by Gasteiger charge is 2.23. The van der Waals surface area contributed by atoms with Crippen LogP contribution in [0.2, 0.25) is 0 Å². The van der Waals surface area contributed by atoms with Crippen molar-refractivity contribution in [3.63, 3.8) is 0 Å². The molecule has 1 amide bonds. The molecule has 0 aliphatic carbocycles. The van der Waals surface area contributed by atoms with Crippen LogP contribution in [0.3, 0.4) is 0 Å². The van der Waals surface area contributed by atoms with E-state index in [1.807, 2.05) is 6.92 Å². The van der Waals surface area contributed by atoms with Crippen LogP contribution in [0.1, 0.15) is 26.2 Å². The van der Waals surface area contributed by atoms with Crippen LogP contribution >= 0.6 is 24.0 Å². The Morgan fingerprint density at radius 1 is 1.34 bits per heavy atom. The Labute approximate surface area is 190 Å². The Morgan fingerprint density at radius 3 is 2.66 bits per heavy atom. The lowest BCUT2D eigenvalue weighted by molar-refractivity contribution is -0.121. The number of hydrogen-bond acceptors (Lipinski definition) is 5. The van der Waals surface area contributed by atoms with Crippen molar-refractivity contribution in [2.45, 2.75) is 31.1 Å². The van der Waals surface area contributed by atoms with E-state index in [1.165, 1.54) is 18.5 Å². The van der Waals surface area contributed by atoms with Gasteiger partial charge < -0.3 is 15.5 Å². The van der Waals surface area contributed by atoms with Crippen molar-refractivity contribution >= 4 is 45.9 Å². The van der Waals surface area contributed by atoms with Crippen molar-refractivity contribution < 1.29 is 13.2 Å². The van der Waals surface area contributed by atoms with E-state index in [0.29, 0.717) is 18.9 Å². The van der Waals surface area contributed by atoms with Gasteiger partial charge in [-0.15, -0.1) is 24.0 Å². The fraction of sp³-hybridized carbons (Fsp3) is 0.611. The topological polar surface area (TPSA) is 116 Å². The predicted molar refractivity (Wildman–Crippen MR) is 124 cm³/mol. The van der Waals surface area contributed by atoms with E-state index < -0.39 is 10.0 Å². The molecule has 1 aromatic heterocycles. The number of guanidine groups is 1. The van der Waals surface area contributed by atoms with E-state index in [9.17, 15) is 13.2 Å². The molecule has 11 heteroatoms. The molecule has 0 spiro atoms. The van der Waals surface area contributed by atoms with Crippen LogP contribution in [0, 0.1) is 5.92 Å². The molecule has 1 aliphatic rings. The maximum absolute atomic E-state index is 12.2. The molecular formula is C18H31IN6O3S. The molecule has 1 aliphatic heterocycles. The van der Waals surface area contributed by atoms with Crippen LogP contribution in [0.4, 0.5) is 0 Å². The standard InChI is InChI=1S/C18H30N6O3S.HI/c1-3-21-18(24-11-6-15(7-12-24)13-17(25)19-2)22-9-10-23-28(26,27)16-5-4-8-20-14-16;/h4-5,8,14-15,23H,3,6-7,9-13H2,1-2H3,(H,19,25)(H,21,22);1H. The molecule has 1 aromatic rings. The maximum atomic E-state index is 12.2. The molecule has 0 atom stereocenters. The zero-order valence-corrected chi connectivity index (χ0v) is 20.1. The summed E-state index contributed by atoms with van der Waals surface area (Å²) in [6.07, 6.45) is 5.29. The monoisotopic (exact) mass is 538 g/mol. The van der Waals surface area contributed by atoms with E-state index in [4.69, 9.17) is 0 Å². The highest BCUT2D eigenvalue weighted by molar-refractivity contribution is 14.0. The van der Waals surface area contributed by atoms with Gasteiger partial charge in [-0.3, -0.25) is 14.8 Å². The van der Waals surface area contributed by atoms with Crippen molar-refractivity contribution in [2.24, 2.45) is 10.9 Å². The first kappa shape index (κ1) is 25.6. The van der Waals surface area contributed by atoms with Gasteiger partial charge in [0.1, 0.15) is 4.90 Å². The first-order chi connectivity index (χ1) is 13.5. The van der Waals surface area contributed by atoms with Crippen LogP contribution in [-0.4, -0.2) is 69.9 Å². The van der Waals surface area contributed by atoms with E-state index in [1.54, 1.807) is 13.1 Å². The lowest BCUT2D eigenvalue weighted by Gasteiger charge is -2.34. The van der Waals surface area contributed by atoms with Gasteiger partial charge >= 0.3 is 0 Å². The normalized spacial score (nSPS) is 15.5. The molecule has 2 rings (SSSR count). The number of amides is 1.